The monoisotopic (exact) mass is 277 g/mol. The Labute approximate surface area is 125 Å². The predicted molar refractivity (Wildman–Crippen MR) is 83.0 cm³/mol. The average molecular weight is 277 g/mol. The van der Waals surface area contributed by atoms with Crippen LogP contribution < -0.4 is 0 Å². The molecule has 0 heterocycles. The Hall–Kier alpha value is -2.58. The van der Waals surface area contributed by atoms with Crippen molar-refractivity contribution in [3.05, 3.63) is 59.4 Å². The average Bonchev–Trinajstić information content (AvgIpc) is 2.52. The van der Waals surface area contributed by atoms with Gasteiger partial charge in [0.15, 0.2) is 0 Å². The first kappa shape index (κ1) is 14.8. The van der Waals surface area contributed by atoms with Crippen molar-refractivity contribution in [2.75, 3.05) is 0 Å². The van der Waals surface area contributed by atoms with Crippen LogP contribution in [0, 0.1) is 29.0 Å². The molecule has 2 rings (SSSR count). The molecule has 1 nitrogen and oxygen atoms in total. The lowest BCUT2D eigenvalue weighted by atomic mass is 10.0. The quantitative estimate of drug-likeness (QED) is 0.578. The van der Waals surface area contributed by atoms with Crippen molar-refractivity contribution in [2.24, 2.45) is 0 Å². The summed E-state index contributed by atoms with van der Waals surface area (Å²) in [5.41, 5.74) is 2.55. The van der Waals surface area contributed by atoms with E-state index >= 15 is 0 Å². The van der Waals surface area contributed by atoms with Crippen LogP contribution in [0.4, 0.5) is 4.39 Å². The molecule has 0 saturated heterocycles. The zero-order valence-electron chi connectivity index (χ0n) is 12.0. The van der Waals surface area contributed by atoms with Crippen LogP contribution in [0.5, 0.6) is 0 Å². The number of hydrogen-bond donors (Lipinski definition) is 0. The van der Waals surface area contributed by atoms with E-state index in [0.717, 1.165) is 24.8 Å². The van der Waals surface area contributed by atoms with E-state index in [-0.39, 0.29) is 5.82 Å². The van der Waals surface area contributed by atoms with Crippen LogP contribution in [-0.4, -0.2) is 0 Å². The van der Waals surface area contributed by atoms with Crippen molar-refractivity contribution in [1.82, 2.24) is 0 Å². The summed E-state index contributed by atoms with van der Waals surface area (Å²) in [5.74, 6) is 5.75. The number of unbranched alkanes of at least 4 members (excludes halogenated alkanes) is 2. The smallest absolute Gasteiger partial charge is 0.132 e. The van der Waals surface area contributed by atoms with Crippen molar-refractivity contribution >= 4 is 0 Å². The fourth-order valence-corrected chi connectivity index (χ4v) is 1.98. The third-order valence-electron chi connectivity index (χ3n) is 3.18. The van der Waals surface area contributed by atoms with Crippen LogP contribution in [0.25, 0.3) is 11.1 Å². The molecule has 0 unspecified atom stereocenters. The molecule has 0 bridgehead atoms. The Morgan fingerprint density at radius 1 is 1.05 bits per heavy atom. The number of rotatable bonds is 3. The van der Waals surface area contributed by atoms with Gasteiger partial charge in [-0.2, -0.15) is 5.26 Å². The molecule has 2 aromatic carbocycles. The van der Waals surface area contributed by atoms with E-state index in [1.807, 2.05) is 6.07 Å². The van der Waals surface area contributed by atoms with Crippen molar-refractivity contribution in [3.8, 4) is 29.0 Å². The maximum Gasteiger partial charge on any atom is 0.132 e. The number of nitriles is 1. The molecule has 0 spiro atoms. The second-order valence-electron chi connectivity index (χ2n) is 4.79. The molecule has 21 heavy (non-hydrogen) atoms. The maximum absolute atomic E-state index is 14.2. The predicted octanol–water partition coefficient (Wildman–Crippen LogP) is 4.91. The van der Waals surface area contributed by atoms with Gasteiger partial charge in [0.2, 0.25) is 0 Å². The highest BCUT2D eigenvalue weighted by Gasteiger charge is 2.05. The molecule has 0 radical (unpaired) electrons. The summed E-state index contributed by atoms with van der Waals surface area (Å²) in [6, 6.07) is 14.0. The molecule has 2 aromatic rings. The van der Waals surface area contributed by atoms with Crippen LogP contribution in [0.2, 0.25) is 0 Å². The molecule has 0 aromatic heterocycles. The molecule has 0 fully saturated rings. The second-order valence-corrected chi connectivity index (χ2v) is 4.79. The Morgan fingerprint density at radius 2 is 1.76 bits per heavy atom. The zero-order valence-corrected chi connectivity index (χ0v) is 12.0. The van der Waals surface area contributed by atoms with Crippen LogP contribution in [0.3, 0.4) is 0 Å². The van der Waals surface area contributed by atoms with Gasteiger partial charge in [0.1, 0.15) is 5.82 Å². The first-order valence-electron chi connectivity index (χ1n) is 7.03. The highest BCUT2D eigenvalue weighted by molar-refractivity contribution is 5.66. The standard InChI is InChI=1S/C19H16FN/c1-2-3-4-5-6-15-9-12-18(19(20)13-15)17-10-7-16(14-21)8-11-17/h7-13H,2-4H2,1H3. The number of hydrogen-bond acceptors (Lipinski definition) is 1. The molecule has 0 atom stereocenters. The molecule has 2 heteroatoms. The second kappa shape index (κ2) is 7.27. The van der Waals surface area contributed by atoms with Gasteiger partial charge in [-0.25, -0.2) is 4.39 Å². The normalized spacial score (nSPS) is 9.57. The van der Waals surface area contributed by atoms with Gasteiger partial charge in [-0.1, -0.05) is 43.4 Å². The Balaban J connectivity index is 2.22. The topological polar surface area (TPSA) is 23.8 Å². The zero-order chi connectivity index (χ0) is 15.1. The van der Waals surface area contributed by atoms with Crippen molar-refractivity contribution in [1.29, 1.82) is 5.26 Å². The molecule has 0 aliphatic heterocycles. The Kier molecular flexibility index (Phi) is 5.13. The van der Waals surface area contributed by atoms with Gasteiger partial charge in [-0.05, 0) is 36.2 Å². The molecular weight excluding hydrogens is 261 g/mol. The van der Waals surface area contributed by atoms with Crippen LogP contribution in [0.1, 0.15) is 37.3 Å². The van der Waals surface area contributed by atoms with Gasteiger partial charge in [0.25, 0.3) is 0 Å². The lowest BCUT2D eigenvalue weighted by Gasteiger charge is -2.04. The first-order chi connectivity index (χ1) is 10.2. The number of nitrogens with zero attached hydrogens (tertiary/aromatic N) is 1. The van der Waals surface area contributed by atoms with Crippen LogP contribution in [-0.2, 0) is 0 Å². The van der Waals surface area contributed by atoms with Crippen molar-refractivity contribution < 1.29 is 4.39 Å². The van der Waals surface area contributed by atoms with Crippen molar-refractivity contribution in [3.63, 3.8) is 0 Å². The minimum atomic E-state index is -0.290. The van der Waals surface area contributed by atoms with Gasteiger partial charge in [-0.3, -0.25) is 0 Å². The van der Waals surface area contributed by atoms with Crippen molar-refractivity contribution in [2.45, 2.75) is 26.2 Å². The summed E-state index contributed by atoms with van der Waals surface area (Å²) >= 11 is 0. The minimum absolute atomic E-state index is 0.290. The Morgan fingerprint density at radius 3 is 2.38 bits per heavy atom. The SMILES string of the molecule is CCCCC#Cc1ccc(-c2ccc(C#N)cc2)c(F)c1. The molecule has 104 valence electrons. The summed E-state index contributed by atoms with van der Waals surface area (Å²) < 4.78 is 14.2. The Bertz CT molecular complexity index is 712. The fraction of sp³-hybridized carbons (Fsp3) is 0.211. The number of benzene rings is 2. The lowest BCUT2D eigenvalue weighted by Crippen LogP contribution is -1.87. The molecule has 0 aliphatic carbocycles. The van der Waals surface area contributed by atoms with Crippen LogP contribution in [0.15, 0.2) is 42.5 Å². The van der Waals surface area contributed by atoms with E-state index < -0.39 is 0 Å². The van der Waals surface area contributed by atoms with E-state index in [1.165, 1.54) is 6.07 Å². The molecule has 0 N–H and O–H groups in total. The summed E-state index contributed by atoms with van der Waals surface area (Å²) in [5, 5.41) is 8.77. The molecular formula is C19H16FN. The molecule has 0 amide bonds. The van der Waals surface area contributed by atoms with E-state index in [9.17, 15) is 4.39 Å². The highest BCUT2D eigenvalue weighted by atomic mass is 19.1. The third kappa shape index (κ3) is 3.94. The summed E-state index contributed by atoms with van der Waals surface area (Å²) in [6.07, 6.45) is 3.02. The van der Waals surface area contributed by atoms with Gasteiger partial charge in [0.05, 0.1) is 11.6 Å². The van der Waals surface area contributed by atoms with Gasteiger partial charge in [0, 0.05) is 17.5 Å². The maximum atomic E-state index is 14.2. The van der Waals surface area contributed by atoms with E-state index in [4.69, 9.17) is 5.26 Å². The highest BCUT2D eigenvalue weighted by Crippen LogP contribution is 2.23. The van der Waals surface area contributed by atoms with E-state index in [1.54, 1.807) is 30.3 Å². The van der Waals surface area contributed by atoms with Crippen LogP contribution >= 0.6 is 0 Å². The molecule has 0 aliphatic rings. The summed E-state index contributed by atoms with van der Waals surface area (Å²) in [6.45, 7) is 2.12. The summed E-state index contributed by atoms with van der Waals surface area (Å²) in [7, 11) is 0. The summed E-state index contributed by atoms with van der Waals surface area (Å²) in [4.78, 5) is 0. The lowest BCUT2D eigenvalue weighted by molar-refractivity contribution is 0.631. The third-order valence-corrected chi connectivity index (χ3v) is 3.18. The largest absolute Gasteiger partial charge is 0.206 e. The fourth-order valence-electron chi connectivity index (χ4n) is 1.98. The number of halogens is 1. The van der Waals surface area contributed by atoms with Gasteiger partial charge < -0.3 is 0 Å². The first-order valence-corrected chi connectivity index (χ1v) is 7.03. The van der Waals surface area contributed by atoms with Gasteiger partial charge in [-0.15, -0.1) is 0 Å². The minimum Gasteiger partial charge on any atom is -0.206 e. The molecule has 0 saturated carbocycles. The van der Waals surface area contributed by atoms with Gasteiger partial charge >= 0.3 is 0 Å². The van der Waals surface area contributed by atoms with E-state index in [0.29, 0.717) is 16.7 Å². The van der Waals surface area contributed by atoms with E-state index in [2.05, 4.69) is 24.8 Å².